The molecule has 0 bridgehead atoms. The number of sulfonamides is 1. The summed E-state index contributed by atoms with van der Waals surface area (Å²) in [6.07, 6.45) is 2.93. The molecule has 0 saturated carbocycles. The third kappa shape index (κ3) is 5.04. The fourth-order valence-corrected chi connectivity index (χ4v) is 6.31. The molecule has 166 valence electrons. The van der Waals surface area contributed by atoms with Crippen molar-refractivity contribution in [3.8, 4) is 0 Å². The number of hydrogen-bond acceptors (Lipinski definition) is 6. The number of likely N-dealkylation sites (tertiary alicyclic amines) is 1. The molecule has 0 spiro atoms. The molecule has 2 heterocycles. The molecule has 0 aromatic heterocycles. The molecule has 3 rings (SSSR count). The topological polar surface area (TPSA) is 93.2 Å². The minimum Gasteiger partial charge on any atom is -0.452 e. The Morgan fingerprint density at radius 2 is 1.80 bits per heavy atom. The SMILES string of the molecule is C[C@H]1CCC[C@H](C)N1C(=O)COC(=O)c1ccc(Br)c(S(=O)(=O)N2CCOCC2)c1. The van der Waals surface area contributed by atoms with Crippen LogP contribution in [0.4, 0.5) is 0 Å². The third-order valence-electron chi connectivity index (χ3n) is 5.56. The monoisotopic (exact) mass is 502 g/mol. The van der Waals surface area contributed by atoms with Gasteiger partial charge < -0.3 is 14.4 Å². The number of ether oxygens (including phenoxy) is 2. The maximum atomic E-state index is 13.0. The molecule has 0 aliphatic carbocycles. The molecule has 1 amide bonds. The lowest BCUT2D eigenvalue weighted by molar-refractivity contribution is -0.140. The fraction of sp³-hybridized carbons (Fsp3) is 0.600. The van der Waals surface area contributed by atoms with E-state index in [0.717, 1.165) is 19.3 Å². The Morgan fingerprint density at radius 1 is 1.17 bits per heavy atom. The van der Waals surface area contributed by atoms with E-state index in [4.69, 9.17) is 9.47 Å². The van der Waals surface area contributed by atoms with E-state index in [0.29, 0.717) is 17.7 Å². The van der Waals surface area contributed by atoms with Gasteiger partial charge in [-0.1, -0.05) is 0 Å². The fourth-order valence-electron chi connectivity index (χ4n) is 3.95. The van der Waals surface area contributed by atoms with Gasteiger partial charge in [-0.3, -0.25) is 4.79 Å². The van der Waals surface area contributed by atoms with Crippen LogP contribution in [0, 0.1) is 0 Å². The van der Waals surface area contributed by atoms with Gasteiger partial charge in [-0.05, 0) is 67.2 Å². The Balaban J connectivity index is 1.71. The number of piperidine rings is 1. The number of carbonyl (C=O) groups is 2. The van der Waals surface area contributed by atoms with Crippen LogP contribution in [0.25, 0.3) is 0 Å². The van der Waals surface area contributed by atoms with Crippen molar-refractivity contribution in [1.29, 1.82) is 0 Å². The molecule has 1 aromatic rings. The summed E-state index contributed by atoms with van der Waals surface area (Å²) in [6.45, 7) is 4.78. The van der Waals surface area contributed by atoms with E-state index in [1.165, 1.54) is 22.5 Å². The minimum absolute atomic E-state index is 0.0107. The molecule has 10 heteroatoms. The Hall–Kier alpha value is -1.49. The third-order valence-corrected chi connectivity index (χ3v) is 8.46. The molecule has 2 atom stereocenters. The molecule has 8 nitrogen and oxygen atoms in total. The lowest BCUT2D eigenvalue weighted by Crippen LogP contribution is -2.49. The van der Waals surface area contributed by atoms with E-state index < -0.39 is 16.0 Å². The van der Waals surface area contributed by atoms with Crippen LogP contribution in [0.1, 0.15) is 43.5 Å². The molecule has 2 aliphatic heterocycles. The predicted molar refractivity (Wildman–Crippen MR) is 114 cm³/mol. The van der Waals surface area contributed by atoms with Gasteiger partial charge in [0, 0.05) is 29.6 Å². The largest absolute Gasteiger partial charge is 0.452 e. The quantitative estimate of drug-likeness (QED) is 0.574. The van der Waals surface area contributed by atoms with E-state index >= 15 is 0 Å². The molecule has 1 aromatic carbocycles. The van der Waals surface area contributed by atoms with Crippen LogP contribution in [0.2, 0.25) is 0 Å². The van der Waals surface area contributed by atoms with Crippen molar-refractivity contribution >= 4 is 37.8 Å². The number of amides is 1. The molecular weight excluding hydrogens is 476 g/mol. The summed E-state index contributed by atoms with van der Waals surface area (Å²) >= 11 is 3.26. The molecule has 2 aliphatic rings. The summed E-state index contributed by atoms with van der Waals surface area (Å²) in [6, 6.07) is 4.48. The van der Waals surface area contributed by atoms with Gasteiger partial charge in [-0.2, -0.15) is 4.31 Å². The van der Waals surface area contributed by atoms with Gasteiger partial charge in [0.25, 0.3) is 5.91 Å². The second-order valence-corrected chi connectivity index (χ2v) is 10.4. The average molecular weight is 503 g/mol. The molecule has 2 fully saturated rings. The number of benzene rings is 1. The normalized spacial score (nSPS) is 23.2. The highest BCUT2D eigenvalue weighted by atomic mass is 79.9. The number of carbonyl (C=O) groups excluding carboxylic acids is 2. The lowest BCUT2D eigenvalue weighted by Gasteiger charge is -2.38. The van der Waals surface area contributed by atoms with Gasteiger partial charge >= 0.3 is 5.97 Å². The van der Waals surface area contributed by atoms with Gasteiger partial charge in [-0.15, -0.1) is 0 Å². The number of nitrogens with zero attached hydrogens (tertiary/aromatic N) is 2. The second kappa shape index (κ2) is 9.76. The maximum absolute atomic E-state index is 13.0. The van der Waals surface area contributed by atoms with Crippen LogP contribution in [-0.2, 0) is 24.3 Å². The zero-order chi connectivity index (χ0) is 21.9. The van der Waals surface area contributed by atoms with Crippen molar-refractivity contribution in [2.45, 2.75) is 50.1 Å². The Labute approximate surface area is 185 Å². The average Bonchev–Trinajstić information content (AvgIpc) is 2.72. The zero-order valence-corrected chi connectivity index (χ0v) is 19.6. The van der Waals surface area contributed by atoms with Gasteiger partial charge in [0.15, 0.2) is 6.61 Å². The number of morpholine rings is 1. The molecule has 0 N–H and O–H groups in total. The zero-order valence-electron chi connectivity index (χ0n) is 17.2. The summed E-state index contributed by atoms with van der Waals surface area (Å²) in [5.41, 5.74) is 0.0811. The Kier molecular flexibility index (Phi) is 7.54. The number of hydrogen-bond donors (Lipinski definition) is 0. The first-order valence-electron chi connectivity index (χ1n) is 10.1. The van der Waals surface area contributed by atoms with Gasteiger partial charge in [-0.25, -0.2) is 13.2 Å². The summed E-state index contributed by atoms with van der Waals surface area (Å²) in [5, 5.41) is 0. The summed E-state index contributed by atoms with van der Waals surface area (Å²) in [5.74, 6) is -0.965. The summed E-state index contributed by atoms with van der Waals surface area (Å²) < 4.78 is 38.0. The summed E-state index contributed by atoms with van der Waals surface area (Å²) in [7, 11) is -3.79. The number of esters is 1. The van der Waals surface area contributed by atoms with E-state index in [1.807, 2.05) is 13.8 Å². The van der Waals surface area contributed by atoms with E-state index in [-0.39, 0.29) is 48.1 Å². The van der Waals surface area contributed by atoms with Crippen molar-refractivity contribution < 1.29 is 27.5 Å². The van der Waals surface area contributed by atoms with E-state index in [2.05, 4.69) is 15.9 Å². The second-order valence-electron chi connectivity index (χ2n) is 7.67. The van der Waals surface area contributed by atoms with Crippen LogP contribution in [0.5, 0.6) is 0 Å². The first-order valence-corrected chi connectivity index (χ1v) is 12.3. The van der Waals surface area contributed by atoms with Crippen LogP contribution in [0.3, 0.4) is 0 Å². The predicted octanol–water partition coefficient (Wildman–Crippen LogP) is 2.42. The van der Waals surface area contributed by atoms with Gasteiger partial charge in [0.1, 0.15) is 0 Å². The van der Waals surface area contributed by atoms with Crippen molar-refractivity contribution in [3.63, 3.8) is 0 Å². The van der Waals surface area contributed by atoms with Crippen LogP contribution >= 0.6 is 15.9 Å². The van der Waals surface area contributed by atoms with Gasteiger partial charge in [0.05, 0.1) is 23.7 Å². The van der Waals surface area contributed by atoms with Crippen molar-refractivity contribution in [3.05, 3.63) is 28.2 Å². The number of rotatable bonds is 5. The van der Waals surface area contributed by atoms with Crippen molar-refractivity contribution in [2.75, 3.05) is 32.9 Å². The minimum atomic E-state index is -3.79. The standard InChI is InChI=1S/C20H27BrN2O6S/c1-14-4-3-5-15(2)23(14)19(24)13-29-20(25)16-6-7-17(21)18(12-16)30(26,27)22-8-10-28-11-9-22/h6-7,12,14-15H,3-5,8-11,13H2,1-2H3/t14-,15-/m0/s1. The van der Waals surface area contributed by atoms with Crippen LogP contribution in [-0.4, -0.2) is 74.5 Å². The maximum Gasteiger partial charge on any atom is 0.338 e. The smallest absolute Gasteiger partial charge is 0.338 e. The highest BCUT2D eigenvalue weighted by Gasteiger charge is 2.31. The Bertz CT molecular complexity index is 891. The molecule has 2 saturated heterocycles. The Morgan fingerprint density at radius 3 is 2.43 bits per heavy atom. The first kappa shape index (κ1) is 23.2. The van der Waals surface area contributed by atoms with E-state index in [1.54, 1.807) is 4.90 Å². The lowest BCUT2D eigenvalue weighted by atomic mass is 9.97. The number of halogens is 1. The van der Waals surface area contributed by atoms with Crippen molar-refractivity contribution in [2.24, 2.45) is 0 Å². The van der Waals surface area contributed by atoms with Crippen molar-refractivity contribution in [1.82, 2.24) is 9.21 Å². The highest BCUT2D eigenvalue weighted by Crippen LogP contribution is 2.27. The van der Waals surface area contributed by atoms with E-state index in [9.17, 15) is 18.0 Å². The van der Waals surface area contributed by atoms with Gasteiger partial charge in [0.2, 0.25) is 10.0 Å². The summed E-state index contributed by atoms with van der Waals surface area (Å²) in [4.78, 5) is 26.9. The van der Waals surface area contributed by atoms with Crippen LogP contribution < -0.4 is 0 Å². The highest BCUT2D eigenvalue weighted by molar-refractivity contribution is 9.10. The molecular formula is C20H27BrN2O6S. The van der Waals surface area contributed by atoms with Crippen LogP contribution in [0.15, 0.2) is 27.6 Å². The first-order chi connectivity index (χ1) is 14.2. The molecule has 0 radical (unpaired) electrons. The molecule has 0 unspecified atom stereocenters. The molecule has 30 heavy (non-hydrogen) atoms.